The third-order valence-corrected chi connectivity index (χ3v) is 7.02. The van der Waals surface area contributed by atoms with E-state index in [0.29, 0.717) is 18.3 Å². The van der Waals surface area contributed by atoms with Crippen LogP contribution in [0.25, 0.3) is 22.3 Å². The molecule has 2 aromatic heterocycles. The highest BCUT2D eigenvalue weighted by Gasteiger charge is 2.32. The van der Waals surface area contributed by atoms with Crippen molar-refractivity contribution in [3.63, 3.8) is 0 Å². The maximum absolute atomic E-state index is 12.8. The van der Waals surface area contributed by atoms with Gasteiger partial charge in [0.1, 0.15) is 0 Å². The maximum Gasteiger partial charge on any atom is 0.233 e. The number of carbonyl (C=O) groups is 1. The van der Waals surface area contributed by atoms with Crippen LogP contribution in [0.15, 0.2) is 53.8 Å². The fourth-order valence-electron chi connectivity index (χ4n) is 4.05. The van der Waals surface area contributed by atoms with Gasteiger partial charge in [0.15, 0.2) is 22.5 Å². The largest absolute Gasteiger partial charge is 0.454 e. The minimum absolute atomic E-state index is 0.0448. The van der Waals surface area contributed by atoms with E-state index < -0.39 is 0 Å². The van der Waals surface area contributed by atoms with Crippen molar-refractivity contribution in [3.8, 4) is 22.9 Å². The molecule has 1 aliphatic carbocycles. The fourth-order valence-corrected chi connectivity index (χ4v) is 5.00. The summed E-state index contributed by atoms with van der Waals surface area (Å²) in [6.07, 6.45) is 4.20. The molecule has 0 unspecified atom stereocenters. The van der Waals surface area contributed by atoms with Crippen molar-refractivity contribution in [1.82, 2.24) is 25.1 Å². The first-order valence-electron chi connectivity index (χ1n) is 11.0. The van der Waals surface area contributed by atoms with Gasteiger partial charge in [0, 0.05) is 35.2 Å². The second kappa shape index (κ2) is 8.15. The van der Waals surface area contributed by atoms with E-state index in [1.54, 1.807) is 0 Å². The molecule has 1 atom stereocenters. The van der Waals surface area contributed by atoms with E-state index in [0.717, 1.165) is 51.6 Å². The zero-order valence-electron chi connectivity index (χ0n) is 18.1. The number of aromatic amines is 1. The van der Waals surface area contributed by atoms with E-state index in [1.165, 1.54) is 11.8 Å². The summed E-state index contributed by atoms with van der Waals surface area (Å²) in [6.45, 7) is 2.56. The molecule has 33 heavy (non-hydrogen) atoms. The molecule has 9 heteroatoms. The zero-order valence-corrected chi connectivity index (χ0v) is 18.9. The van der Waals surface area contributed by atoms with Gasteiger partial charge < -0.3 is 19.8 Å². The molecule has 2 aliphatic rings. The van der Waals surface area contributed by atoms with Crippen molar-refractivity contribution in [2.24, 2.45) is 0 Å². The lowest BCUT2D eigenvalue weighted by Crippen LogP contribution is -2.30. The molecule has 2 N–H and O–H groups in total. The first-order chi connectivity index (χ1) is 16.2. The van der Waals surface area contributed by atoms with Crippen LogP contribution in [0.4, 0.5) is 0 Å². The topological polar surface area (TPSA) is 94.1 Å². The summed E-state index contributed by atoms with van der Waals surface area (Å²) in [7, 11) is 0. The van der Waals surface area contributed by atoms with Crippen molar-refractivity contribution in [1.29, 1.82) is 0 Å². The highest BCUT2D eigenvalue weighted by Crippen LogP contribution is 2.42. The number of para-hydroxylation sites is 1. The van der Waals surface area contributed by atoms with Gasteiger partial charge in [0.05, 0.1) is 5.25 Å². The molecular formula is C24H23N5O3S. The van der Waals surface area contributed by atoms with Crippen molar-refractivity contribution in [2.45, 2.75) is 42.8 Å². The fraction of sp³-hybridized carbons (Fsp3) is 0.292. The van der Waals surface area contributed by atoms with Gasteiger partial charge >= 0.3 is 0 Å². The van der Waals surface area contributed by atoms with E-state index >= 15 is 0 Å². The minimum Gasteiger partial charge on any atom is -0.454 e. The third kappa shape index (κ3) is 3.82. The van der Waals surface area contributed by atoms with Crippen molar-refractivity contribution in [2.75, 3.05) is 6.79 Å². The average molecular weight is 462 g/mol. The van der Waals surface area contributed by atoms with Gasteiger partial charge in [0.25, 0.3) is 0 Å². The second-order valence-corrected chi connectivity index (χ2v) is 9.63. The number of ether oxygens (including phenoxy) is 2. The molecule has 0 saturated heterocycles. The van der Waals surface area contributed by atoms with Gasteiger partial charge in [-0.2, -0.15) is 0 Å². The number of hydrogen-bond acceptors (Lipinski definition) is 6. The summed E-state index contributed by atoms with van der Waals surface area (Å²) < 4.78 is 13.0. The van der Waals surface area contributed by atoms with Gasteiger partial charge in [-0.3, -0.25) is 9.36 Å². The molecule has 1 amide bonds. The van der Waals surface area contributed by atoms with Crippen LogP contribution in [-0.4, -0.2) is 37.7 Å². The number of nitrogens with one attached hydrogen (secondary N) is 2. The van der Waals surface area contributed by atoms with E-state index in [-0.39, 0.29) is 18.0 Å². The van der Waals surface area contributed by atoms with Gasteiger partial charge in [0.2, 0.25) is 12.7 Å². The number of benzene rings is 2. The van der Waals surface area contributed by atoms with Gasteiger partial charge in [-0.05, 0) is 43.5 Å². The molecule has 0 spiro atoms. The predicted molar refractivity (Wildman–Crippen MR) is 125 cm³/mol. The number of carbonyl (C=O) groups excluding carboxylic acids is 1. The number of aromatic nitrogens is 4. The number of nitrogens with zero attached hydrogens (tertiary/aromatic N) is 3. The number of amides is 1. The van der Waals surface area contributed by atoms with Crippen molar-refractivity contribution >= 4 is 28.6 Å². The number of thioether (sulfide) groups is 1. The SMILES string of the molecule is C[C@@H](Sc1nnc(-c2c[nH]c3ccccc23)n1C1CC1)C(=O)NCc1ccc2c(c1)OCO2. The molecule has 1 saturated carbocycles. The monoisotopic (exact) mass is 461 g/mol. The average Bonchev–Trinajstić information content (AvgIpc) is 3.22. The number of hydrogen-bond donors (Lipinski definition) is 2. The van der Waals surface area contributed by atoms with Crippen LogP contribution < -0.4 is 14.8 Å². The Kier molecular flexibility index (Phi) is 4.98. The van der Waals surface area contributed by atoms with Crippen LogP contribution in [0.1, 0.15) is 31.4 Å². The van der Waals surface area contributed by atoms with Crippen LogP contribution in [0.2, 0.25) is 0 Å². The first-order valence-corrected chi connectivity index (χ1v) is 11.9. The quantitative estimate of drug-likeness (QED) is 0.399. The Balaban J connectivity index is 1.18. The highest BCUT2D eigenvalue weighted by atomic mass is 32.2. The van der Waals surface area contributed by atoms with Crippen molar-refractivity contribution in [3.05, 3.63) is 54.2 Å². The van der Waals surface area contributed by atoms with Gasteiger partial charge in [-0.1, -0.05) is 36.0 Å². The second-order valence-electron chi connectivity index (χ2n) is 8.32. The summed E-state index contributed by atoms with van der Waals surface area (Å²) in [6, 6.07) is 14.3. The van der Waals surface area contributed by atoms with E-state index in [1.807, 2.05) is 43.5 Å². The Morgan fingerprint density at radius 2 is 2.06 bits per heavy atom. The summed E-state index contributed by atoms with van der Waals surface area (Å²) in [5.41, 5.74) is 3.08. The molecule has 168 valence electrons. The van der Waals surface area contributed by atoms with Crippen LogP contribution in [0.5, 0.6) is 11.5 Å². The van der Waals surface area contributed by atoms with Gasteiger partial charge in [-0.15, -0.1) is 10.2 Å². The Morgan fingerprint density at radius 1 is 1.21 bits per heavy atom. The lowest BCUT2D eigenvalue weighted by molar-refractivity contribution is -0.120. The van der Waals surface area contributed by atoms with Gasteiger partial charge in [-0.25, -0.2) is 0 Å². The zero-order chi connectivity index (χ0) is 22.4. The lowest BCUT2D eigenvalue weighted by atomic mass is 10.1. The standard InChI is InChI=1S/C24H23N5O3S/c1-14(23(30)26-11-15-6-9-20-21(10-15)32-13-31-20)33-24-28-27-22(29(24)16-7-8-16)18-12-25-19-5-3-2-4-17(18)19/h2-6,9-10,12,14,16,25H,7-8,11,13H2,1H3,(H,26,30)/t14-/m1/s1. The third-order valence-electron chi connectivity index (χ3n) is 5.96. The molecule has 8 nitrogen and oxygen atoms in total. The highest BCUT2D eigenvalue weighted by molar-refractivity contribution is 8.00. The molecular weight excluding hydrogens is 438 g/mol. The number of H-pyrrole nitrogens is 1. The van der Waals surface area contributed by atoms with Crippen molar-refractivity contribution < 1.29 is 14.3 Å². The molecule has 2 aromatic carbocycles. The Bertz CT molecular complexity index is 1340. The molecule has 3 heterocycles. The Morgan fingerprint density at radius 3 is 2.94 bits per heavy atom. The summed E-state index contributed by atoms with van der Waals surface area (Å²) >= 11 is 1.45. The molecule has 6 rings (SSSR count). The van der Waals surface area contributed by atoms with E-state index in [4.69, 9.17) is 9.47 Å². The lowest BCUT2D eigenvalue weighted by Gasteiger charge is -2.13. The van der Waals surface area contributed by atoms with Crippen LogP contribution in [0.3, 0.4) is 0 Å². The first kappa shape index (κ1) is 20.2. The summed E-state index contributed by atoms with van der Waals surface area (Å²) in [4.78, 5) is 16.1. The molecule has 1 fully saturated rings. The van der Waals surface area contributed by atoms with E-state index in [2.05, 4.69) is 37.2 Å². The maximum atomic E-state index is 12.8. The Labute approximate surface area is 194 Å². The number of rotatable bonds is 7. The Hall–Kier alpha value is -3.46. The molecule has 0 radical (unpaired) electrons. The minimum atomic E-state index is -0.309. The van der Waals surface area contributed by atoms with Crippen LogP contribution >= 0.6 is 11.8 Å². The molecule has 0 bridgehead atoms. The molecule has 1 aliphatic heterocycles. The summed E-state index contributed by atoms with van der Waals surface area (Å²) in [5.74, 6) is 2.26. The summed E-state index contributed by atoms with van der Waals surface area (Å²) in [5, 5.41) is 13.6. The smallest absolute Gasteiger partial charge is 0.233 e. The van der Waals surface area contributed by atoms with Crippen LogP contribution in [-0.2, 0) is 11.3 Å². The molecule has 4 aromatic rings. The number of fused-ring (bicyclic) bond motifs is 2. The normalized spacial score (nSPS) is 15.7. The van der Waals surface area contributed by atoms with E-state index in [9.17, 15) is 4.79 Å². The van der Waals surface area contributed by atoms with Crippen LogP contribution in [0, 0.1) is 0 Å². The predicted octanol–water partition coefficient (Wildman–Crippen LogP) is 4.29.